The molecule has 116 valence electrons. The Morgan fingerprint density at radius 1 is 1.09 bits per heavy atom. The maximum atomic E-state index is 12.2. The molecule has 1 heterocycles. The van der Waals surface area contributed by atoms with E-state index in [9.17, 15) is 4.79 Å². The van der Waals surface area contributed by atoms with Crippen LogP contribution in [0.1, 0.15) is 21.8 Å². The van der Waals surface area contributed by atoms with Crippen molar-refractivity contribution in [3.05, 3.63) is 64.5 Å². The number of amides is 1. The van der Waals surface area contributed by atoms with Crippen LogP contribution in [0.4, 0.5) is 5.69 Å². The number of carbonyl (C=O) groups excluding carboxylic acids is 1. The monoisotopic (exact) mass is 327 g/mol. The molecule has 0 spiro atoms. The molecule has 0 radical (unpaired) electrons. The van der Waals surface area contributed by atoms with Gasteiger partial charge in [-0.1, -0.05) is 29.8 Å². The smallest absolute Gasteiger partial charge is 0.313 e. The summed E-state index contributed by atoms with van der Waals surface area (Å²) in [6.07, 6.45) is 0. The maximum Gasteiger partial charge on any atom is 0.313 e. The largest absolute Gasteiger partial charge is 0.412 e. The van der Waals surface area contributed by atoms with Crippen molar-refractivity contribution < 1.29 is 9.21 Å². The molecule has 23 heavy (non-hydrogen) atoms. The number of hydrogen-bond donors (Lipinski definition) is 1. The summed E-state index contributed by atoms with van der Waals surface area (Å²) in [4.78, 5) is 12.2. The Hall–Kier alpha value is -2.66. The van der Waals surface area contributed by atoms with Crippen LogP contribution in [0, 0.1) is 13.8 Å². The second-order valence-corrected chi connectivity index (χ2v) is 5.63. The van der Waals surface area contributed by atoms with Crippen molar-refractivity contribution in [2.75, 3.05) is 5.32 Å². The van der Waals surface area contributed by atoms with E-state index in [0.29, 0.717) is 16.3 Å². The number of rotatable bonds is 3. The third kappa shape index (κ3) is 3.40. The van der Waals surface area contributed by atoms with Crippen LogP contribution in [0.3, 0.4) is 0 Å². The maximum absolute atomic E-state index is 12.2. The standard InChI is InChI=1S/C17H14ClN3O2/c1-10-7-11(2)9-12(8-10)19-15(22)17-21-20-16(23-17)13-5-3-4-6-14(13)18/h3-9H,1-2H3,(H,19,22). The van der Waals surface area contributed by atoms with Gasteiger partial charge >= 0.3 is 11.8 Å². The van der Waals surface area contributed by atoms with Gasteiger partial charge < -0.3 is 9.73 Å². The molecule has 2 aromatic carbocycles. The molecule has 0 atom stereocenters. The summed E-state index contributed by atoms with van der Waals surface area (Å²) < 4.78 is 5.43. The number of benzene rings is 2. The lowest BCUT2D eigenvalue weighted by molar-refractivity contribution is 0.0991. The Morgan fingerprint density at radius 3 is 2.48 bits per heavy atom. The molecule has 0 unspecified atom stereocenters. The minimum absolute atomic E-state index is 0.112. The normalized spacial score (nSPS) is 10.6. The lowest BCUT2D eigenvalue weighted by Crippen LogP contribution is -2.12. The first-order chi connectivity index (χ1) is 11.0. The zero-order valence-corrected chi connectivity index (χ0v) is 13.4. The number of nitrogens with zero attached hydrogens (tertiary/aromatic N) is 2. The van der Waals surface area contributed by atoms with Crippen molar-refractivity contribution in [2.24, 2.45) is 0 Å². The molecule has 0 bridgehead atoms. The second-order valence-electron chi connectivity index (χ2n) is 5.22. The quantitative estimate of drug-likeness (QED) is 0.780. The summed E-state index contributed by atoms with van der Waals surface area (Å²) in [5, 5.41) is 10.9. The average Bonchev–Trinajstić information content (AvgIpc) is 2.96. The minimum Gasteiger partial charge on any atom is -0.412 e. The van der Waals surface area contributed by atoms with Gasteiger partial charge in [0.15, 0.2) is 0 Å². The molecule has 6 heteroatoms. The lowest BCUT2D eigenvalue weighted by Gasteiger charge is -2.05. The van der Waals surface area contributed by atoms with Gasteiger partial charge in [-0.05, 0) is 49.2 Å². The number of aromatic nitrogens is 2. The molecule has 0 saturated carbocycles. The third-order valence-electron chi connectivity index (χ3n) is 3.20. The van der Waals surface area contributed by atoms with E-state index in [1.807, 2.05) is 32.0 Å². The molecular weight excluding hydrogens is 314 g/mol. The van der Waals surface area contributed by atoms with Crippen LogP contribution in [-0.4, -0.2) is 16.1 Å². The molecule has 0 aliphatic rings. The molecule has 5 nitrogen and oxygen atoms in total. The summed E-state index contributed by atoms with van der Waals surface area (Å²) in [6.45, 7) is 3.93. The highest BCUT2D eigenvalue weighted by Gasteiger charge is 2.17. The van der Waals surface area contributed by atoms with E-state index < -0.39 is 5.91 Å². The molecule has 1 N–H and O–H groups in total. The molecule has 1 amide bonds. The SMILES string of the molecule is Cc1cc(C)cc(NC(=O)c2nnc(-c3ccccc3Cl)o2)c1. The topological polar surface area (TPSA) is 68.0 Å². The van der Waals surface area contributed by atoms with Gasteiger partial charge in [0.1, 0.15) is 0 Å². The fourth-order valence-electron chi connectivity index (χ4n) is 2.29. The van der Waals surface area contributed by atoms with Crippen molar-refractivity contribution in [3.8, 4) is 11.5 Å². The first kappa shape index (κ1) is 15.2. The van der Waals surface area contributed by atoms with E-state index in [1.165, 1.54) is 0 Å². The fourth-order valence-corrected chi connectivity index (χ4v) is 2.51. The average molecular weight is 328 g/mol. The van der Waals surface area contributed by atoms with E-state index in [2.05, 4.69) is 15.5 Å². The Morgan fingerprint density at radius 2 is 1.78 bits per heavy atom. The molecule has 3 rings (SSSR count). The van der Waals surface area contributed by atoms with E-state index >= 15 is 0 Å². The molecule has 0 aliphatic heterocycles. The molecule has 0 saturated heterocycles. The Bertz CT molecular complexity index is 854. The summed E-state index contributed by atoms with van der Waals surface area (Å²) in [6, 6.07) is 12.8. The number of halogens is 1. The highest BCUT2D eigenvalue weighted by atomic mass is 35.5. The Kier molecular flexibility index (Phi) is 4.12. The second kappa shape index (κ2) is 6.22. The zero-order valence-electron chi connectivity index (χ0n) is 12.6. The number of carbonyl (C=O) groups is 1. The molecule has 0 fully saturated rings. The summed E-state index contributed by atoms with van der Waals surface area (Å²) >= 11 is 6.08. The molecular formula is C17H14ClN3O2. The van der Waals surface area contributed by atoms with Crippen LogP contribution in [0.25, 0.3) is 11.5 Å². The van der Waals surface area contributed by atoms with Crippen LogP contribution >= 0.6 is 11.6 Å². The fraction of sp³-hybridized carbons (Fsp3) is 0.118. The summed E-state index contributed by atoms with van der Waals surface area (Å²) in [5.74, 6) is -0.360. The van der Waals surface area contributed by atoms with E-state index in [1.54, 1.807) is 24.3 Å². The Labute approximate surface area is 138 Å². The van der Waals surface area contributed by atoms with Crippen LogP contribution < -0.4 is 5.32 Å². The van der Waals surface area contributed by atoms with Crippen molar-refractivity contribution in [2.45, 2.75) is 13.8 Å². The zero-order chi connectivity index (χ0) is 16.4. The minimum atomic E-state index is -0.458. The third-order valence-corrected chi connectivity index (χ3v) is 3.53. The van der Waals surface area contributed by atoms with Gasteiger partial charge in [0.05, 0.1) is 10.6 Å². The molecule has 0 aliphatic carbocycles. The van der Waals surface area contributed by atoms with Crippen molar-refractivity contribution >= 4 is 23.2 Å². The van der Waals surface area contributed by atoms with Gasteiger partial charge in [-0.15, -0.1) is 10.2 Å². The van der Waals surface area contributed by atoms with Crippen molar-refractivity contribution in [1.82, 2.24) is 10.2 Å². The number of anilines is 1. The van der Waals surface area contributed by atoms with Crippen LogP contribution in [0.2, 0.25) is 5.02 Å². The van der Waals surface area contributed by atoms with Gasteiger partial charge in [-0.3, -0.25) is 4.79 Å². The first-order valence-electron chi connectivity index (χ1n) is 7.01. The van der Waals surface area contributed by atoms with Gasteiger partial charge in [0, 0.05) is 5.69 Å². The predicted molar refractivity (Wildman–Crippen MR) is 88.6 cm³/mol. The van der Waals surface area contributed by atoms with E-state index in [-0.39, 0.29) is 11.8 Å². The van der Waals surface area contributed by atoms with Crippen molar-refractivity contribution in [3.63, 3.8) is 0 Å². The Balaban J connectivity index is 1.83. The van der Waals surface area contributed by atoms with Crippen LogP contribution in [-0.2, 0) is 0 Å². The highest BCUT2D eigenvalue weighted by Crippen LogP contribution is 2.26. The van der Waals surface area contributed by atoms with Crippen molar-refractivity contribution in [1.29, 1.82) is 0 Å². The molecule has 1 aromatic heterocycles. The van der Waals surface area contributed by atoms with Gasteiger partial charge in [0.2, 0.25) is 5.89 Å². The van der Waals surface area contributed by atoms with Gasteiger partial charge in [-0.25, -0.2) is 0 Å². The lowest BCUT2D eigenvalue weighted by atomic mass is 10.1. The van der Waals surface area contributed by atoms with Gasteiger partial charge in [0.25, 0.3) is 0 Å². The molecule has 3 aromatic rings. The van der Waals surface area contributed by atoms with Crippen LogP contribution in [0.5, 0.6) is 0 Å². The number of nitrogens with one attached hydrogen (secondary N) is 1. The highest BCUT2D eigenvalue weighted by molar-refractivity contribution is 6.33. The predicted octanol–water partition coefficient (Wildman–Crippen LogP) is 4.26. The van der Waals surface area contributed by atoms with Crippen LogP contribution in [0.15, 0.2) is 46.9 Å². The van der Waals surface area contributed by atoms with E-state index in [4.69, 9.17) is 16.0 Å². The summed E-state index contributed by atoms with van der Waals surface area (Å²) in [5.41, 5.74) is 3.39. The first-order valence-corrected chi connectivity index (χ1v) is 7.39. The summed E-state index contributed by atoms with van der Waals surface area (Å²) in [7, 11) is 0. The number of aryl methyl sites for hydroxylation is 2. The van der Waals surface area contributed by atoms with E-state index in [0.717, 1.165) is 11.1 Å². The number of hydrogen-bond acceptors (Lipinski definition) is 4. The van der Waals surface area contributed by atoms with Gasteiger partial charge in [-0.2, -0.15) is 0 Å².